The predicted molar refractivity (Wildman–Crippen MR) is 56.9 cm³/mol. The summed E-state index contributed by atoms with van der Waals surface area (Å²) in [7, 11) is 0. The van der Waals surface area contributed by atoms with Gasteiger partial charge in [-0.05, 0) is 12.1 Å². The van der Waals surface area contributed by atoms with Crippen LogP contribution in [0.15, 0.2) is 29.0 Å². The summed E-state index contributed by atoms with van der Waals surface area (Å²) in [5, 5.41) is 1.83. The quantitative estimate of drug-likeness (QED) is 0.504. The molecule has 1 aromatic carbocycles. The average molecular weight is 187 g/mol. The summed E-state index contributed by atoms with van der Waals surface area (Å²) in [5.74, 6) is 0. The van der Waals surface area contributed by atoms with E-state index >= 15 is 0 Å². The van der Waals surface area contributed by atoms with E-state index in [1.54, 1.807) is 6.20 Å². The van der Waals surface area contributed by atoms with Crippen LogP contribution in [0.4, 0.5) is 11.4 Å². The van der Waals surface area contributed by atoms with Crippen LogP contribution in [-0.4, -0.2) is 4.98 Å². The average Bonchev–Trinajstić information content (AvgIpc) is 2.72. The van der Waals surface area contributed by atoms with Crippen molar-refractivity contribution in [1.82, 2.24) is 4.98 Å². The summed E-state index contributed by atoms with van der Waals surface area (Å²) in [6, 6.07) is 3.81. The Hall–Kier alpha value is -2.10. The Morgan fingerprint density at radius 1 is 1.07 bits per heavy atom. The third-order valence-electron chi connectivity index (χ3n) is 2.44. The first kappa shape index (κ1) is 7.32. The number of aromatic amines is 1. The molecule has 0 saturated heterocycles. The molecule has 0 spiro atoms. The van der Waals surface area contributed by atoms with E-state index in [2.05, 4.69) is 4.98 Å². The number of H-pyrrole nitrogens is 1. The number of rotatable bonds is 0. The van der Waals surface area contributed by atoms with Gasteiger partial charge in [0.05, 0.1) is 16.8 Å². The molecule has 0 bridgehead atoms. The molecule has 0 unspecified atom stereocenters. The van der Waals surface area contributed by atoms with Crippen LogP contribution in [0.1, 0.15) is 0 Å². The minimum Gasteiger partial charge on any atom is -0.462 e. The van der Waals surface area contributed by atoms with E-state index in [4.69, 9.17) is 15.9 Å². The van der Waals surface area contributed by atoms with Crippen molar-refractivity contribution in [2.75, 3.05) is 11.5 Å². The zero-order valence-electron chi connectivity index (χ0n) is 7.37. The Labute approximate surface area is 79.5 Å². The standard InChI is InChI=1S/C10H9N3O/c11-5-3-13-7-1-2-8-10(9(5)7)6(12)4-14-8/h1-4,13H,11-12H2. The lowest BCUT2D eigenvalue weighted by atomic mass is 10.1. The molecule has 0 aliphatic rings. The van der Waals surface area contributed by atoms with Crippen LogP contribution in [0.2, 0.25) is 0 Å². The van der Waals surface area contributed by atoms with Crippen molar-refractivity contribution in [2.45, 2.75) is 0 Å². The molecule has 4 nitrogen and oxygen atoms in total. The van der Waals surface area contributed by atoms with Crippen LogP contribution in [0, 0.1) is 0 Å². The molecule has 0 aliphatic carbocycles. The number of furan rings is 1. The molecule has 3 aromatic rings. The van der Waals surface area contributed by atoms with Gasteiger partial charge >= 0.3 is 0 Å². The van der Waals surface area contributed by atoms with E-state index < -0.39 is 0 Å². The monoisotopic (exact) mass is 187 g/mol. The number of nitrogens with one attached hydrogen (secondary N) is 1. The molecule has 0 fully saturated rings. The van der Waals surface area contributed by atoms with Crippen molar-refractivity contribution in [2.24, 2.45) is 0 Å². The molecule has 2 aromatic heterocycles. The molecule has 14 heavy (non-hydrogen) atoms. The van der Waals surface area contributed by atoms with Crippen LogP contribution in [0.5, 0.6) is 0 Å². The number of aromatic nitrogens is 1. The highest BCUT2D eigenvalue weighted by molar-refractivity contribution is 6.15. The number of benzene rings is 1. The number of nitrogens with two attached hydrogens (primary N) is 2. The molecule has 0 aliphatic heterocycles. The fourth-order valence-electron chi connectivity index (χ4n) is 1.80. The third-order valence-corrected chi connectivity index (χ3v) is 2.44. The largest absolute Gasteiger partial charge is 0.462 e. The minimum atomic E-state index is 0.622. The van der Waals surface area contributed by atoms with E-state index in [-0.39, 0.29) is 0 Å². The van der Waals surface area contributed by atoms with Gasteiger partial charge in [0.1, 0.15) is 11.8 Å². The summed E-state index contributed by atoms with van der Waals surface area (Å²) in [6.45, 7) is 0. The Morgan fingerprint density at radius 3 is 2.79 bits per heavy atom. The lowest BCUT2D eigenvalue weighted by molar-refractivity contribution is 0.617. The number of hydrogen-bond acceptors (Lipinski definition) is 3. The molecule has 3 rings (SSSR count). The van der Waals surface area contributed by atoms with Crippen molar-refractivity contribution < 1.29 is 4.42 Å². The molecule has 4 heteroatoms. The highest BCUT2D eigenvalue weighted by atomic mass is 16.3. The van der Waals surface area contributed by atoms with Crippen LogP contribution in [0.3, 0.4) is 0 Å². The van der Waals surface area contributed by atoms with E-state index in [0.717, 1.165) is 21.9 Å². The van der Waals surface area contributed by atoms with E-state index in [0.29, 0.717) is 11.4 Å². The second kappa shape index (κ2) is 2.23. The molecule has 0 radical (unpaired) electrons. The molecule has 70 valence electrons. The predicted octanol–water partition coefficient (Wildman–Crippen LogP) is 2.08. The molecular formula is C10H9N3O. The van der Waals surface area contributed by atoms with E-state index in [1.165, 1.54) is 6.26 Å². The fraction of sp³-hybridized carbons (Fsp3) is 0. The van der Waals surface area contributed by atoms with Crippen molar-refractivity contribution in [3.63, 3.8) is 0 Å². The fourth-order valence-corrected chi connectivity index (χ4v) is 1.80. The first-order chi connectivity index (χ1) is 6.77. The molecule has 0 atom stereocenters. The zero-order chi connectivity index (χ0) is 9.71. The highest BCUT2D eigenvalue weighted by Gasteiger charge is 2.10. The third kappa shape index (κ3) is 0.724. The van der Waals surface area contributed by atoms with Crippen LogP contribution >= 0.6 is 0 Å². The van der Waals surface area contributed by atoms with Gasteiger partial charge < -0.3 is 20.9 Å². The number of anilines is 2. The van der Waals surface area contributed by atoms with Crippen molar-refractivity contribution in [1.29, 1.82) is 0 Å². The van der Waals surface area contributed by atoms with Gasteiger partial charge in [-0.25, -0.2) is 0 Å². The summed E-state index contributed by atoms with van der Waals surface area (Å²) >= 11 is 0. The van der Waals surface area contributed by atoms with Gasteiger partial charge in [-0.2, -0.15) is 0 Å². The van der Waals surface area contributed by atoms with Crippen LogP contribution < -0.4 is 11.5 Å². The molecule has 5 N–H and O–H groups in total. The normalized spacial score (nSPS) is 11.4. The summed E-state index contributed by atoms with van der Waals surface area (Å²) in [6.07, 6.45) is 3.30. The minimum absolute atomic E-state index is 0.622. The number of hydrogen-bond donors (Lipinski definition) is 3. The van der Waals surface area contributed by atoms with Gasteiger partial charge in [-0.15, -0.1) is 0 Å². The zero-order valence-corrected chi connectivity index (χ0v) is 7.37. The first-order valence-electron chi connectivity index (χ1n) is 4.29. The molecule has 0 amide bonds. The Balaban J connectivity index is 2.70. The maximum absolute atomic E-state index is 5.84. The number of nitrogen functional groups attached to an aromatic ring is 2. The Bertz CT molecular complexity index is 565. The second-order valence-corrected chi connectivity index (χ2v) is 3.30. The SMILES string of the molecule is Nc1c[nH]c2ccc3occ(N)c3c12. The summed E-state index contributed by atoms with van der Waals surface area (Å²) in [4.78, 5) is 3.07. The Morgan fingerprint density at radius 2 is 1.93 bits per heavy atom. The highest BCUT2D eigenvalue weighted by Crippen LogP contribution is 2.34. The van der Waals surface area contributed by atoms with Gasteiger partial charge in [0.2, 0.25) is 0 Å². The van der Waals surface area contributed by atoms with Gasteiger partial charge in [-0.1, -0.05) is 0 Å². The van der Waals surface area contributed by atoms with Crippen molar-refractivity contribution in [3.8, 4) is 0 Å². The van der Waals surface area contributed by atoms with Gasteiger partial charge in [0, 0.05) is 17.1 Å². The van der Waals surface area contributed by atoms with E-state index in [9.17, 15) is 0 Å². The topological polar surface area (TPSA) is 81.0 Å². The molecule has 0 saturated carbocycles. The maximum Gasteiger partial charge on any atom is 0.136 e. The van der Waals surface area contributed by atoms with Gasteiger partial charge in [0.15, 0.2) is 0 Å². The lowest BCUT2D eigenvalue weighted by Crippen LogP contribution is -1.84. The van der Waals surface area contributed by atoms with Crippen LogP contribution in [-0.2, 0) is 0 Å². The maximum atomic E-state index is 5.84. The first-order valence-corrected chi connectivity index (χ1v) is 4.29. The van der Waals surface area contributed by atoms with Gasteiger partial charge in [-0.3, -0.25) is 0 Å². The van der Waals surface area contributed by atoms with E-state index in [1.807, 2.05) is 12.1 Å². The second-order valence-electron chi connectivity index (χ2n) is 3.30. The van der Waals surface area contributed by atoms with Crippen LogP contribution in [0.25, 0.3) is 21.9 Å². The lowest BCUT2D eigenvalue weighted by Gasteiger charge is -1.94. The molecular weight excluding hydrogens is 178 g/mol. The van der Waals surface area contributed by atoms with Gasteiger partial charge in [0.25, 0.3) is 0 Å². The summed E-state index contributed by atoms with van der Waals surface area (Å²) < 4.78 is 5.29. The van der Waals surface area contributed by atoms with Crippen molar-refractivity contribution in [3.05, 3.63) is 24.6 Å². The Kier molecular flexibility index (Phi) is 1.16. The summed E-state index contributed by atoms with van der Waals surface area (Å²) in [5.41, 5.74) is 14.7. The molecule has 2 heterocycles. The number of fused-ring (bicyclic) bond motifs is 3. The smallest absolute Gasteiger partial charge is 0.136 e. The van der Waals surface area contributed by atoms with Crippen molar-refractivity contribution >= 4 is 33.2 Å².